The molecule has 5 nitrogen and oxygen atoms in total. The number of carbonyl (C=O) groups excluding carboxylic acids is 2. The standard InChI is InChI=1S/C19H23F3N2O3/c1-23(2)17(26)15-7-8-18(27-15)9-11-24(12-10-18)16(25)13-3-5-14(6-4-13)19(20,21)22/h3-6,15H,7-12H2,1-2H3. The average Bonchev–Trinajstić information content (AvgIpc) is 3.04. The van der Waals surface area contributed by atoms with Crippen LogP contribution in [0.3, 0.4) is 0 Å². The molecule has 2 aliphatic rings. The van der Waals surface area contributed by atoms with Gasteiger partial charge >= 0.3 is 6.18 Å². The van der Waals surface area contributed by atoms with Crippen LogP contribution in [0.25, 0.3) is 0 Å². The summed E-state index contributed by atoms with van der Waals surface area (Å²) in [5, 5.41) is 0. The number of alkyl halides is 3. The fourth-order valence-corrected chi connectivity index (χ4v) is 3.75. The van der Waals surface area contributed by atoms with Gasteiger partial charge in [-0.1, -0.05) is 0 Å². The molecule has 1 unspecified atom stereocenters. The van der Waals surface area contributed by atoms with Crippen LogP contribution in [-0.4, -0.2) is 60.5 Å². The fraction of sp³-hybridized carbons (Fsp3) is 0.579. The molecule has 1 aromatic carbocycles. The lowest BCUT2D eigenvalue weighted by Gasteiger charge is -2.39. The topological polar surface area (TPSA) is 49.9 Å². The summed E-state index contributed by atoms with van der Waals surface area (Å²) in [6.07, 6.45) is -2.16. The number of piperidine rings is 1. The van der Waals surface area contributed by atoms with Crippen molar-refractivity contribution in [3.8, 4) is 0 Å². The van der Waals surface area contributed by atoms with Crippen LogP contribution in [0.4, 0.5) is 13.2 Å². The minimum atomic E-state index is -4.42. The average molecular weight is 384 g/mol. The molecule has 8 heteroatoms. The van der Waals surface area contributed by atoms with Gasteiger partial charge in [0.2, 0.25) is 0 Å². The summed E-state index contributed by atoms with van der Waals surface area (Å²) in [6.45, 7) is 0.922. The van der Waals surface area contributed by atoms with Crippen LogP contribution in [0.15, 0.2) is 24.3 Å². The van der Waals surface area contributed by atoms with Crippen molar-refractivity contribution in [2.45, 2.75) is 43.6 Å². The number of likely N-dealkylation sites (tertiary alicyclic amines) is 1. The Hall–Kier alpha value is -2.09. The van der Waals surface area contributed by atoms with Gasteiger partial charge in [0.1, 0.15) is 6.10 Å². The number of likely N-dealkylation sites (N-methyl/N-ethyl adjacent to an activating group) is 1. The number of hydrogen-bond acceptors (Lipinski definition) is 3. The van der Waals surface area contributed by atoms with E-state index in [1.54, 1.807) is 19.0 Å². The highest BCUT2D eigenvalue weighted by Crippen LogP contribution is 2.39. The molecule has 3 rings (SSSR count). The smallest absolute Gasteiger partial charge is 0.362 e. The second-order valence-electron chi connectivity index (χ2n) is 7.43. The maximum atomic E-state index is 12.6. The van der Waals surface area contributed by atoms with Crippen LogP contribution in [0.5, 0.6) is 0 Å². The maximum absolute atomic E-state index is 12.6. The van der Waals surface area contributed by atoms with Gasteiger partial charge in [-0.25, -0.2) is 0 Å². The van der Waals surface area contributed by atoms with E-state index in [1.807, 2.05) is 0 Å². The molecule has 148 valence electrons. The number of amides is 2. The lowest BCUT2D eigenvalue weighted by Crippen LogP contribution is -2.47. The summed E-state index contributed by atoms with van der Waals surface area (Å²) < 4.78 is 44.0. The quantitative estimate of drug-likeness (QED) is 0.788. The van der Waals surface area contributed by atoms with Gasteiger partial charge in [-0.15, -0.1) is 0 Å². The molecular formula is C19H23F3N2O3. The number of nitrogens with zero attached hydrogens (tertiary/aromatic N) is 2. The van der Waals surface area contributed by atoms with E-state index in [9.17, 15) is 22.8 Å². The number of halogens is 3. The summed E-state index contributed by atoms with van der Waals surface area (Å²) in [5.41, 5.74) is -0.910. The second kappa shape index (κ2) is 7.14. The first-order valence-corrected chi connectivity index (χ1v) is 8.97. The van der Waals surface area contributed by atoms with E-state index in [4.69, 9.17) is 4.74 Å². The molecule has 0 radical (unpaired) electrons. The van der Waals surface area contributed by atoms with Crippen molar-refractivity contribution >= 4 is 11.8 Å². The molecule has 2 heterocycles. The first-order chi connectivity index (χ1) is 12.6. The zero-order chi connectivity index (χ0) is 19.8. The summed E-state index contributed by atoms with van der Waals surface area (Å²) in [7, 11) is 3.39. The Kier molecular flexibility index (Phi) is 5.20. The van der Waals surface area contributed by atoms with Crippen LogP contribution < -0.4 is 0 Å². The number of hydrogen-bond donors (Lipinski definition) is 0. The minimum Gasteiger partial charge on any atom is -0.362 e. The van der Waals surface area contributed by atoms with Crippen molar-refractivity contribution in [2.24, 2.45) is 0 Å². The minimum absolute atomic E-state index is 0.0462. The molecule has 1 atom stereocenters. The lowest BCUT2D eigenvalue weighted by atomic mass is 9.88. The summed E-state index contributed by atoms with van der Waals surface area (Å²) in [6, 6.07) is 4.28. The molecule has 1 aromatic rings. The lowest BCUT2D eigenvalue weighted by molar-refractivity contribution is -0.148. The molecule has 0 aliphatic carbocycles. The van der Waals surface area contributed by atoms with Crippen molar-refractivity contribution < 1.29 is 27.5 Å². The molecule has 27 heavy (non-hydrogen) atoms. The highest BCUT2D eigenvalue weighted by molar-refractivity contribution is 5.94. The monoisotopic (exact) mass is 384 g/mol. The largest absolute Gasteiger partial charge is 0.416 e. The number of ether oxygens (including phenoxy) is 1. The Balaban J connectivity index is 1.59. The Morgan fingerprint density at radius 2 is 1.70 bits per heavy atom. The van der Waals surface area contributed by atoms with Crippen molar-refractivity contribution in [3.63, 3.8) is 0 Å². The van der Waals surface area contributed by atoms with E-state index >= 15 is 0 Å². The molecular weight excluding hydrogens is 361 g/mol. The predicted molar refractivity (Wildman–Crippen MR) is 92.1 cm³/mol. The molecule has 0 bridgehead atoms. The molecule has 0 N–H and O–H groups in total. The Morgan fingerprint density at radius 3 is 2.22 bits per heavy atom. The van der Waals surface area contributed by atoms with Crippen molar-refractivity contribution in [2.75, 3.05) is 27.2 Å². The molecule has 2 aliphatic heterocycles. The van der Waals surface area contributed by atoms with E-state index in [1.165, 1.54) is 17.0 Å². The highest BCUT2D eigenvalue weighted by Gasteiger charge is 2.45. The van der Waals surface area contributed by atoms with Gasteiger partial charge in [0.15, 0.2) is 0 Å². The van der Waals surface area contributed by atoms with E-state index in [-0.39, 0.29) is 23.0 Å². The van der Waals surface area contributed by atoms with Crippen LogP contribution >= 0.6 is 0 Å². The predicted octanol–water partition coefficient (Wildman–Crippen LogP) is 2.95. The van der Waals surface area contributed by atoms with Crippen LogP contribution in [0.1, 0.15) is 41.6 Å². The molecule has 0 aromatic heterocycles. The summed E-state index contributed by atoms with van der Waals surface area (Å²) in [4.78, 5) is 27.8. The van der Waals surface area contributed by atoms with E-state index < -0.39 is 17.8 Å². The molecule has 2 fully saturated rings. The van der Waals surface area contributed by atoms with Gasteiger partial charge in [-0.2, -0.15) is 13.2 Å². The van der Waals surface area contributed by atoms with E-state index in [0.29, 0.717) is 32.4 Å². The van der Waals surface area contributed by atoms with Gasteiger partial charge in [0, 0.05) is 32.7 Å². The number of rotatable bonds is 2. The van der Waals surface area contributed by atoms with E-state index in [2.05, 4.69) is 0 Å². The van der Waals surface area contributed by atoms with Crippen LogP contribution in [-0.2, 0) is 15.7 Å². The Morgan fingerprint density at radius 1 is 1.11 bits per heavy atom. The number of carbonyl (C=O) groups is 2. The third-order valence-electron chi connectivity index (χ3n) is 5.39. The van der Waals surface area contributed by atoms with Crippen molar-refractivity contribution in [3.05, 3.63) is 35.4 Å². The highest BCUT2D eigenvalue weighted by atomic mass is 19.4. The van der Waals surface area contributed by atoms with Gasteiger partial charge in [-0.05, 0) is 49.9 Å². The zero-order valence-corrected chi connectivity index (χ0v) is 15.4. The van der Waals surface area contributed by atoms with Crippen molar-refractivity contribution in [1.29, 1.82) is 0 Å². The fourth-order valence-electron chi connectivity index (χ4n) is 3.75. The first kappa shape index (κ1) is 19.7. The van der Waals surface area contributed by atoms with Gasteiger partial charge in [0.05, 0.1) is 11.2 Å². The third-order valence-corrected chi connectivity index (χ3v) is 5.39. The normalized spacial score (nSPS) is 22.1. The third kappa shape index (κ3) is 4.10. The maximum Gasteiger partial charge on any atom is 0.416 e. The summed E-state index contributed by atoms with van der Waals surface area (Å²) in [5.74, 6) is -0.326. The second-order valence-corrected chi connectivity index (χ2v) is 7.43. The van der Waals surface area contributed by atoms with Gasteiger partial charge in [0.25, 0.3) is 11.8 Å². The molecule has 2 amide bonds. The van der Waals surface area contributed by atoms with Gasteiger partial charge in [-0.3, -0.25) is 9.59 Å². The molecule has 0 saturated carbocycles. The molecule has 2 saturated heterocycles. The first-order valence-electron chi connectivity index (χ1n) is 8.97. The van der Waals surface area contributed by atoms with Crippen LogP contribution in [0, 0.1) is 0 Å². The molecule has 1 spiro atoms. The SMILES string of the molecule is CN(C)C(=O)C1CCC2(CCN(C(=O)c3ccc(C(F)(F)F)cc3)CC2)O1. The summed E-state index contributed by atoms with van der Waals surface area (Å²) >= 11 is 0. The van der Waals surface area contributed by atoms with Gasteiger partial charge < -0.3 is 14.5 Å². The Labute approximate surface area is 156 Å². The zero-order valence-electron chi connectivity index (χ0n) is 15.4. The van der Waals surface area contributed by atoms with E-state index in [0.717, 1.165) is 18.6 Å². The van der Waals surface area contributed by atoms with Crippen LogP contribution in [0.2, 0.25) is 0 Å². The van der Waals surface area contributed by atoms with Crippen molar-refractivity contribution in [1.82, 2.24) is 9.80 Å². The number of benzene rings is 1. The Bertz CT molecular complexity index is 708.